The largest absolute Gasteiger partial charge is 0.497 e. The quantitative estimate of drug-likeness (QED) is 0.644. The van der Waals surface area contributed by atoms with E-state index in [0.717, 1.165) is 0 Å². The second-order valence-electron chi connectivity index (χ2n) is 4.57. The Kier molecular flexibility index (Phi) is 5.18. The number of aromatic nitrogens is 1. The maximum Gasteiger partial charge on any atom is 0.338 e. The van der Waals surface area contributed by atoms with Gasteiger partial charge in [-0.3, -0.25) is 0 Å². The third kappa shape index (κ3) is 3.30. The van der Waals surface area contributed by atoms with Gasteiger partial charge >= 0.3 is 5.97 Å². The smallest absolute Gasteiger partial charge is 0.338 e. The number of fused-ring (bicyclic) bond motifs is 1. The monoisotopic (exact) mass is 325 g/mol. The molecule has 0 fully saturated rings. The predicted molar refractivity (Wildman–Crippen MR) is 80.9 cm³/mol. The molecule has 0 saturated heterocycles. The van der Waals surface area contributed by atoms with E-state index in [1.54, 1.807) is 31.2 Å². The van der Waals surface area contributed by atoms with Gasteiger partial charge in [-0.25, -0.2) is 9.78 Å². The number of esters is 1. The van der Waals surface area contributed by atoms with Crippen LogP contribution in [-0.4, -0.2) is 41.0 Å². The minimum Gasteiger partial charge on any atom is -0.497 e. The number of rotatable bonds is 5. The summed E-state index contributed by atoms with van der Waals surface area (Å²) in [5.41, 5.74) is 0.746. The van der Waals surface area contributed by atoms with Crippen molar-refractivity contribution in [2.24, 2.45) is 0 Å². The maximum atomic E-state index is 11.5. The summed E-state index contributed by atoms with van der Waals surface area (Å²) in [6.07, 6.45) is -3.27. The van der Waals surface area contributed by atoms with Crippen LogP contribution < -0.4 is 4.74 Å². The summed E-state index contributed by atoms with van der Waals surface area (Å²) in [7, 11) is 1.53. The molecule has 118 valence electrons. The number of nitrogens with zero attached hydrogens (tertiary/aromatic N) is 1. The number of ether oxygens (including phenoxy) is 2. The molecule has 7 heteroatoms. The van der Waals surface area contributed by atoms with Crippen LogP contribution in [0.15, 0.2) is 24.3 Å². The number of carbonyl (C=O) groups excluding carboxylic acids is 1. The van der Waals surface area contributed by atoms with Crippen LogP contribution in [0.1, 0.15) is 18.6 Å². The number of aliphatic hydroxyl groups is 2. The Morgan fingerprint density at radius 3 is 2.73 bits per heavy atom. The Bertz CT molecular complexity index is 691. The fourth-order valence-corrected chi connectivity index (χ4v) is 2.27. The zero-order chi connectivity index (χ0) is 16.3. The molecule has 2 N–H and O–H groups in total. The molecule has 0 aliphatic heterocycles. The van der Waals surface area contributed by atoms with Crippen molar-refractivity contribution in [3.63, 3.8) is 0 Å². The Morgan fingerprint density at radius 1 is 1.36 bits per heavy atom. The van der Waals surface area contributed by atoms with Gasteiger partial charge in [0, 0.05) is 10.9 Å². The summed E-state index contributed by atoms with van der Waals surface area (Å²) in [5, 5.41) is 20.6. The topological polar surface area (TPSA) is 88.9 Å². The molecule has 1 heterocycles. The summed E-state index contributed by atoms with van der Waals surface area (Å²) in [4.78, 5) is 15.7. The molecule has 0 radical (unpaired) electrons. The number of pyridine rings is 1. The van der Waals surface area contributed by atoms with E-state index in [0.29, 0.717) is 16.7 Å². The van der Waals surface area contributed by atoms with E-state index >= 15 is 0 Å². The highest BCUT2D eigenvalue weighted by Crippen LogP contribution is 2.29. The third-order valence-corrected chi connectivity index (χ3v) is 3.45. The molecule has 2 aromatic rings. The predicted octanol–water partition coefficient (Wildman–Crippen LogP) is 1.85. The van der Waals surface area contributed by atoms with Gasteiger partial charge in [-0.15, -0.1) is 0 Å². The highest BCUT2D eigenvalue weighted by molar-refractivity contribution is 6.30. The molecule has 0 aliphatic rings. The van der Waals surface area contributed by atoms with E-state index in [-0.39, 0.29) is 17.3 Å². The van der Waals surface area contributed by atoms with Crippen molar-refractivity contribution in [1.82, 2.24) is 4.98 Å². The lowest BCUT2D eigenvalue weighted by atomic mass is 10.0. The first-order chi connectivity index (χ1) is 10.5. The molecule has 0 spiro atoms. The molecule has 2 rings (SSSR count). The minimum atomic E-state index is -1.73. The molecule has 2 unspecified atom stereocenters. The fourth-order valence-electron chi connectivity index (χ4n) is 2.01. The van der Waals surface area contributed by atoms with Gasteiger partial charge in [-0.1, -0.05) is 11.6 Å². The first-order valence-corrected chi connectivity index (χ1v) is 7.02. The first-order valence-electron chi connectivity index (χ1n) is 6.65. The zero-order valence-corrected chi connectivity index (χ0v) is 12.9. The first kappa shape index (κ1) is 16.5. The van der Waals surface area contributed by atoms with Crippen LogP contribution in [0.25, 0.3) is 10.9 Å². The number of methoxy groups -OCH3 is 1. The Hall–Kier alpha value is -1.89. The van der Waals surface area contributed by atoms with Gasteiger partial charge in [-0.05, 0) is 31.2 Å². The van der Waals surface area contributed by atoms with Crippen LogP contribution in [0.2, 0.25) is 5.15 Å². The van der Waals surface area contributed by atoms with Gasteiger partial charge in [0.25, 0.3) is 0 Å². The summed E-state index contributed by atoms with van der Waals surface area (Å²) in [6, 6.07) is 6.72. The number of hydrogen-bond acceptors (Lipinski definition) is 6. The number of carbonyl (C=O) groups is 1. The average molecular weight is 326 g/mol. The molecule has 6 nitrogen and oxygen atoms in total. The van der Waals surface area contributed by atoms with E-state index < -0.39 is 18.2 Å². The van der Waals surface area contributed by atoms with Crippen molar-refractivity contribution in [1.29, 1.82) is 0 Å². The number of aliphatic hydroxyl groups excluding tert-OH is 2. The average Bonchev–Trinajstić information content (AvgIpc) is 2.52. The lowest BCUT2D eigenvalue weighted by molar-refractivity contribution is -0.159. The SMILES string of the molecule is CCOC(=O)C(O)C(O)c1cc2cc(OC)ccc2nc1Cl. The Labute approximate surface area is 132 Å². The van der Waals surface area contributed by atoms with Crippen molar-refractivity contribution >= 4 is 28.5 Å². The van der Waals surface area contributed by atoms with Crippen LogP contribution in [0.3, 0.4) is 0 Å². The van der Waals surface area contributed by atoms with Gasteiger partial charge in [0.15, 0.2) is 6.10 Å². The maximum absolute atomic E-state index is 11.5. The molecule has 0 saturated carbocycles. The summed E-state index contributed by atoms with van der Waals surface area (Å²) in [6.45, 7) is 1.71. The number of hydrogen-bond donors (Lipinski definition) is 2. The van der Waals surface area contributed by atoms with Gasteiger partial charge in [0.05, 0.1) is 19.2 Å². The van der Waals surface area contributed by atoms with Crippen LogP contribution in [0.4, 0.5) is 0 Å². The van der Waals surface area contributed by atoms with Gasteiger partial charge in [0.1, 0.15) is 17.0 Å². The van der Waals surface area contributed by atoms with Crippen molar-refractivity contribution in [2.75, 3.05) is 13.7 Å². The highest BCUT2D eigenvalue weighted by Gasteiger charge is 2.29. The molecule has 22 heavy (non-hydrogen) atoms. The van der Waals surface area contributed by atoms with Crippen molar-refractivity contribution in [3.8, 4) is 5.75 Å². The van der Waals surface area contributed by atoms with Crippen molar-refractivity contribution < 1.29 is 24.5 Å². The highest BCUT2D eigenvalue weighted by atomic mass is 35.5. The van der Waals surface area contributed by atoms with E-state index in [1.165, 1.54) is 7.11 Å². The summed E-state index contributed by atoms with van der Waals surface area (Å²) >= 11 is 6.03. The van der Waals surface area contributed by atoms with E-state index in [9.17, 15) is 15.0 Å². The van der Waals surface area contributed by atoms with Crippen LogP contribution in [0, 0.1) is 0 Å². The summed E-state index contributed by atoms with van der Waals surface area (Å²) < 4.78 is 9.80. The molecule has 0 amide bonds. The van der Waals surface area contributed by atoms with Gasteiger partial charge in [0.2, 0.25) is 0 Å². The van der Waals surface area contributed by atoms with Crippen LogP contribution >= 0.6 is 11.6 Å². The normalized spacial score (nSPS) is 13.7. The minimum absolute atomic E-state index is 0.00788. The second-order valence-corrected chi connectivity index (χ2v) is 4.93. The van der Waals surface area contributed by atoms with Crippen LogP contribution in [-0.2, 0) is 9.53 Å². The Morgan fingerprint density at radius 2 is 2.09 bits per heavy atom. The standard InChI is InChI=1S/C15H16ClNO5/c1-3-22-15(20)13(19)12(18)10-7-8-6-9(21-2)4-5-11(8)17-14(10)16/h4-7,12-13,18-19H,3H2,1-2H3. The molecular formula is C15H16ClNO5. The fraction of sp³-hybridized carbons (Fsp3) is 0.333. The van der Waals surface area contributed by atoms with E-state index in [1.807, 2.05) is 0 Å². The molecule has 0 bridgehead atoms. The number of halogens is 1. The van der Waals surface area contributed by atoms with Gasteiger partial charge < -0.3 is 19.7 Å². The molecule has 2 atom stereocenters. The third-order valence-electron chi connectivity index (χ3n) is 3.15. The van der Waals surface area contributed by atoms with Crippen molar-refractivity contribution in [2.45, 2.75) is 19.1 Å². The Balaban J connectivity index is 2.41. The lowest BCUT2D eigenvalue weighted by Gasteiger charge is -2.18. The molecule has 1 aromatic heterocycles. The van der Waals surface area contributed by atoms with Crippen LogP contribution in [0.5, 0.6) is 5.75 Å². The lowest BCUT2D eigenvalue weighted by Crippen LogP contribution is -2.30. The molecule has 0 aliphatic carbocycles. The van der Waals surface area contributed by atoms with Crippen molar-refractivity contribution in [3.05, 3.63) is 35.0 Å². The zero-order valence-electron chi connectivity index (χ0n) is 12.1. The number of benzene rings is 1. The second kappa shape index (κ2) is 6.91. The van der Waals surface area contributed by atoms with Gasteiger partial charge in [-0.2, -0.15) is 0 Å². The molecular weight excluding hydrogens is 310 g/mol. The molecule has 1 aromatic carbocycles. The van der Waals surface area contributed by atoms with E-state index in [4.69, 9.17) is 16.3 Å². The summed E-state index contributed by atoms with van der Waals surface area (Å²) in [5.74, 6) is -0.306. The van der Waals surface area contributed by atoms with E-state index in [2.05, 4.69) is 9.72 Å².